The van der Waals surface area contributed by atoms with Crippen LogP contribution in [0.2, 0.25) is 5.02 Å². The SMILES string of the molecule is CNC(c1cncc(OC)c1)c1cc(Cl)ccc1Br. The second kappa shape index (κ2) is 6.37. The molecule has 0 radical (unpaired) electrons. The highest BCUT2D eigenvalue weighted by Crippen LogP contribution is 2.31. The maximum atomic E-state index is 6.07. The molecule has 1 unspecified atom stereocenters. The highest BCUT2D eigenvalue weighted by molar-refractivity contribution is 9.10. The van der Waals surface area contributed by atoms with Crippen molar-refractivity contribution in [3.8, 4) is 5.75 Å². The molecule has 0 saturated carbocycles. The number of aromatic nitrogens is 1. The summed E-state index contributed by atoms with van der Waals surface area (Å²) in [6, 6.07) is 7.69. The summed E-state index contributed by atoms with van der Waals surface area (Å²) in [5.74, 6) is 0.732. The van der Waals surface area contributed by atoms with Crippen molar-refractivity contribution in [1.82, 2.24) is 10.3 Å². The van der Waals surface area contributed by atoms with Gasteiger partial charge < -0.3 is 10.1 Å². The molecule has 0 spiro atoms. The van der Waals surface area contributed by atoms with Crippen LogP contribution in [0.25, 0.3) is 0 Å². The maximum absolute atomic E-state index is 6.07. The number of rotatable bonds is 4. The van der Waals surface area contributed by atoms with Gasteiger partial charge in [-0.25, -0.2) is 0 Å². The lowest BCUT2D eigenvalue weighted by atomic mass is 10.0. The smallest absolute Gasteiger partial charge is 0.137 e. The van der Waals surface area contributed by atoms with Gasteiger partial charge in [-0.3, -0.25) is 4.98 Å². The summed E-state index contributed by atoms with van der Waals surface area (Å²) in [7, 11) is 3.53. The molecule has 0 aliphatic carbocycles. The van der Waals surface area contributed by atoms with Gasteiger partial charge in [-0.1, -0.05) is 27.5 Å². The maximum Gasteiger partial charge on any atom is 0.137 e. The van der Waals surface area contributed by atoms with Crippen molar-refractivity contribution in [1.29, 1.82) is 0 Å². The second-order valence-electron chi connectivity index (χ2n) is 4.05. The van der Waals surface area contributed by atoms with Crippen LogP contribution in [0.15, 0.2) is 41.1 Å². The van der Waals surface area contributed by atoms with E-state index in [1.54, 1.807) is 13.3 Å². The van der Waals surface area contributed by atoms with Gasteiger partial charge in [0.25, 0.3) is 0 Å². The first-order chi connectivity index (χ1) is 9.15. The number of pyridine rings is 1. The van der Waals surface area contributed by atoms with E-state index in [-0.39, 0.29) is 6.04 Å². The first-order valence-electron chi connectivity index (χ1n) is 5.77. The zero-order valence-electron chi connectivity index (χ0n) is 10.7. The minimum absolute atomic E-state index is 0.00400. The van der Waals surface area contributed by atoms with E-state index in [2.05, 4.69) is 26.2 Å². The average molecular weight is 342 g/mol. The Balaban J connectivity index is 2.46. The molecule has 2 aromatic rings. The van der Waals surface area contributed by atoms with E-state index in [4.69, 9.17) is 16.3 Å². The fraction of sp³-hybridized carbons (Fsp3) is 0.214. The van der Waals surface area contributed by atoms with Gasteiger partial charge in [0.15, 0.2) is 0 Å². The lowest BCUT2D eigenvalue weighted by Gasteiger charge is -2.19. The van der Waals surface area contributed by atoms with Crippen molar-refractivity contribution in [2.45, 2.75) is 6.04 Å². The van der Waals surface area contributed by atoms with Crippen LogP contribution in [0.3, 0.4) is 0 Å². The van der Waals surface area contributed by atoms with E-state index in [1.165, 1.54) is 0 Å². The third-order valence-corrected chi connectivity index (χ3v) is 3.82. The van der Waals surface area contributed by atoms with E-state index in [0.29, 0.717) is 5.02 Å². The van der Waals surface area contributed by atoms with Crippen molar-refractivity contribution in [3.63, 3.8) is 0 Å². The molecule has 3 nitrogen and oxygen atoms in total. The predicted octanol–water partition coefficient (Wildman–Crippen LogP) is 3.81. The summed E-state index contributed by atoms with van der Waals surface area (Å²) in [5, 5.41) is 3.97. The molecular weight excluding hydrogens is 328 g/mol. The Kier molecular flexibility index (Phi) is 4.80. The number of methoxy groups -OCH3 is 1. The molecule has 0 fully saturated rings. The zero-order chi connectivity index (χ0) is 13.8. The van der Waals surface area contributed by atoms with E-state index >= 15 is 0 Å². The van der Waals surface area contributed by atoms with Gasteiger partial charge in [0.1, 0.15) is 5.75 Å². The first-order valence-corrected chi connectivity index (χ1v) is 6.94. The van der Waals surface area contributed by atoms with Crippen LogP contribution < -0.4 is 10.1 Å². The van der Waals surface area contributed by atoms with Crippen molar-refractivity contribution in [2.75, 3.05) is 14.2 Å². The van der Waals surface area contributed by atoms with Crippen molar-refractivity contribution < 1.29 is 4.74 Å². The topological polar surface area (TPSA) is 34.2 Å². The lowest BCUT2D eigenvalue weighted by Crippen LogP contribution is -2.18. The van der Waals surface area contributed by atoms with Crippen LogP contribution in [-0.2, 0) is 0 Å². The average Bonchev–Trinajstić information content (AvgIpc) is 2.44. The zero-order valence-corrected chi connectivity index (χ0v) is 13.0. The third-order valence-electron chi connectivity index (χ3n) is 2.86. The summed E-state index contributed by atoms with van der Waals surface area (Å²) in [4.78, 5) is 4.19. The van der Waals surface area contributed by atoms with Crippen molar-refractivity contribution >= 4 is 27.5 Å². The molecule has 1 N–H and O–H groups in total. The molecule has 0 amide bonds. The number of nitrogens with zero attached hydrogens (tertiary/aromatic N) is 1. The van der Waals surface area contributed by atoms with Gasteiger partial charge in [0, 0.05) is 15.7 Å². The number of ether oxygens (including phenoxy) is 1. The monoisotopic (exact) mass is 340 g/mol. The molecular formula is C14H14BrClN2O. The Labute approximate surface area is 126 Å². The van der Waals surface area contributed by atoms with E-state index in [1.807, 2.05) is 37.5 Å². The van der Waals surface area contributed by atoms with Gasteiger partial charge >= 0.3 is 0 Å². The quantitative estimate of drug-likeness (QED) is 0.918. The van der Waals surface area contributed by atoms with Crippen molar-refractivity contribution in [3.05, 3.63) is 57.3 Å². The standard InChI is InChI=1S/C14H14BrClN2O/c1-17-14(9-5-11(19-2)8-18-7-9)12-6-10(16)3-4-13(12)15/h3-8,14,17H,1-2H3. The van der Waals surface area contributed by atoms with Crippen LogP contribution in [0.1, 0.15) is 17.2 Å². The Hall–Kier alpha value is -1.10. The molecule has 0 bridgehead atoms. The number of halogens is 2. The van der Waals surface area contributed by atoms with Crippen LogP contribution in [0, 0.1) is 0 Å². The molecule has 0 aliphatic heterocycles. The summed E-state index contributed by atoms with van der Waals surface area (Å²) in [6.45, 7) is 0. The fourth-order valence-corrected chi connectivity index (χ4v) is 2.60. The molecule has 100 valence electrons. The highest BCUT2D eigenvalue weighted by atomic mass is 79.9. The predicted molar refractivity (Wildman–Crippen MR) is 80.8 cm³/mol. The molecule has 1 heterocycles. The summed E-state index contributed by atoms with van der Waals surface area (Å²) in [5.41, 5.74) is 2.08. The van der Waals surface area contributed by atoms with Crippen molar-refractivity contribution in [2.24, 2.45) is 0 Å². The van der Waals surface area contributed by atoms with Crippen LogP contribution in [0.5, 0.6) is 5.75 Å². The van der Waals surface area contributed by atoms with Gasteiger partial charge in [-0.15, -0.1) is 0 Å². The summed E-state index contributed by atoms with van der Waals surface area (Å²) < 4.78 is 6.21. The second-order valence-corrected chi connectivity index (χ2v) is 5.34. The number of benzene rings is 1. The number of nitrogens with one attached hydrogen (secondary N) is 1. The molecule has 19 heavy (non-hydrogen) atoms. The Morgan fingerprint density at radius 1 is 1.32 bits per heavy atom. The van der Waals surface area contributed by atoms with Crippen LogP contribution in [-0.4, -0.2) is 19.1 Å². The van der Waals surface area contributed by atoms with Gasteiger partial charge in [0.2, 0.25) is 0 Å². The summed E-state index contributed by atoms with van der Waals surface area (Å²) >= 11 is 9.63. The highest BCUT2D eigenvalue weighted by Gasteiger charge is 2.16. The van der Waals surface area contributed by atoms with E-state index < -0.39 is 0 Å². The minimum Gasteiger partial charge on any atom is -0.495 e. The lowest BCUT2D eigenvalue weighted by molar-refractivity contribution is 0.411. The molecule has 0 aliphatic rings. The largest absolute Gasteiger partial charge is 0.495 e. The molecule has 1 atom stereocenters. The molecule has 0 saturated heterocycles. The minimum atomic E-state index is -0.00400. The van der Waals surface area contributed by atoms with Crippen LogP contribution >= 0.6 is 27.5 Å². The molecule has 1 aromatic carbocycles. The summed E-state index contributed by atoms with van der Waals surface area (Å²) in [6.07, 6.45) is 3.50. The Morgan fingerprint density at radius 2 is 2.11 bits per heavy atom. The number of hydrogen-bond donors (Lipinski definition) is 1. The molecule has 5 heteroatoms. The van der Waals surface area contributed by atoms with Gasteiger partial charge in [-0.05, 0) is 42.4 Å². The normalized spacial score (nSPS) is 12.2. The first kappa shape index (κ1) is 14.3. The Bertz CT molecular complexity index is 577. The number of hydrogen-bond acceptors (Lipinski definition) is 3. The van der Waals surface area contributed by atoms with Crippen LogP contribution in [0.4, 0.5) is 0 Å². The van der Waals surface area contributed by atoms with Gasteiger partial charge in [-0.2, -0.15) is 0 Å². The fourth-order valence-electron chi connectivity index (χ4n) is 1.94. The molecule has 1 aromatic heterocycles. The van der Waals surface area contributed by atoms with Gasteiger partial charge in [0.05, 0.1) is 19.3 Å². The Morgan fingerprint density at radius 3 is 2.79 bits per heavy atom. The van der Waals surface area contributed by atoms with E-state index in [0.717, 1.165) is 21.3 Å². The molecule has 2 rings (SSSR count). The van der Waals surface area contributed by atoms with E-state index in [9.17, 15) is 0 Å². The third kappa shape index (κ3) is 3.26.